The van der Waals surface area contributed by atoms with Crippen molar-refractivity contribution in [2.45, 2.75) is 12.8 Å². The van der Waals surface area contributed by atoms with Crippen molar-refractivity contribution in [3.63, 3.8) is 0 Å². The maximum atomic E-state index is 12.3. The van der Waals surface area contributed by atoms with Gasteiger partial charge >= 0.3 is 7.60 Å². The van der Waals surface area contributed by atoms with Crippen LogP contribution in [-0.2, 0) is 18.3 Å². The highest BCUT2D eigenvalue weighted by molar-refractivity contribution is 7.54. The van der Waals surface area contributed by atoms with Crippen molar-refractivity contribution in [1.29, 1.82) is 0 Å². The average molecular weight is 270 g/mol. The molecule has 1 aromatic rings. The zero-order valence-electron chi connectivity index (χ0n) is 11.1. The fourth-order valence-electron chi connectivity index (χ4n) is 1.71. The van der Waals surface area contributed by atoms with Gasteiger partial charge in [0.05, 0.1) is 0 Å². The Kier molecular flexibility index (Phi) is 5.76. The predicted octanol–water partition coefficient (Wildman–Crippen LogP) is 3.55. The zero-order valence-corrected chi connectivity index (χ0v) is 12.0. The molecule has 0 fully saturated rings. The molecule has 0 bridgehead atoms. The van der Waals surface area contributed by atoms with Gasteiger partial charge in [0.15, 0.2) is 5.85 Å². The molecule has 0 N–H and O–H groups in total. The largest absolute Gasteiger partial charge is 0.364 e. The molecule has 0 aliphatic carbocycles. The number of benzene rings is 1. The maximum absolute atomic E-state index is 12.3. The summed E-state index contributed by atoms with van der Waals surface area (Å²) >= 11 is 0. The normalized spacial score (nSPS) is 14.6. The van der Waals surface area contributed by atoms with Crippen LogP contribution in [0.5, 0.6) is 0 Å². The first-order valence-electron chi connectivity index (χ1n) is 5.54. The first-order chi connectivity index (χ1) is 8.57. The highest BCUT2D eigenvalue weighted by Gasteiger charge is 2.35. The van der Waals surface area contributed by atoms with Gasteiger partial charge in [0, 0.05) is 21.3 Å². The summed E-state index contributed by atoms with van der Waals surface area (Å²) in [5, 5.41) is 0. The number of ether oxygens (including phenoxy) is 1. The van der Waals surface area contributed by atoms with Crippen LogP contribution in [0.2, 0.25) is 0 Å². The second-order valence-electron chi connectivity index (χ2n) is 3.79. The summed E-state index contributed by atoms with van der Waals surface area (Å²) < 4.78 is 27.5. The van der Waals surface area contributed by atoms with Gasteiger partial charge in [0.25, 0.3) is 0 Å². The molecule has 0 aliphatic rings. The minimum atomic E-state index is -3.27. The lowest BCUT2D eigenvalue weighted by atomic mass is 10.1. The van der Waals surface area contributed by atoms with Gasteiger partial charge in [-0.05, 0) is 18.1 Å². The van der Waals surface area contributed by atoms with Crippen LogP contribution in [0, 0.1) is 0 Å². The molecule has 0 radical (unpaired) electrons. The smallest absolute Gasteiger partial charge is 0.362 e. The fourth-order valence-corrected chi connectivity index (χ4v) is 3.08. The van der Waals surface area contributed by atoms with E-state index >= 15 is 0 Å². The molecular formula is C13H19O4P. The second-order valence-corrected chi connectivity index (χ2v) is 6.07. The van der Waals surface area contributed by atoms with Crippen molar-refractivity contribution in [1.82, 2.24) is 0 Å². The summed E-state index contributed by atoms with van der Waals surface area (Å²) in [5.74, 6) is -0.701. The van der Waals surface area contributed by atoms with Crippen LogP contribution >= 0.6 is 7.60 Å². The minimum absolute atomic E-state index is 0.701. The molecule has 1 rings (SSSR count). The molecule has 18 heavy (non-hydrogen) atoms. The Balaban J connectivity index is 3.03. The number of hydrogen-bond donors (Lipinski definition) is 0. The monoisotopic (exact) mass is 270 g/mol. The van der Waals surface area contributed by atoms with E-state index in [1.165, 1.54) is 21.3 Å². The van der Waals surface area contributed by atoms with Gasteiger partial charge < -0.3 is 13.8 Å². The first-order valence-corrected chi connectivity index (χ1v) is 7.15. The topological polar surface area (TPSA) is 44.8 Å². The Morgan fingerprint density at radius 3 is 2.17 bits per heavy atom. The first kappa shape index (κ1) is 15.1. The summed E-state index contributed by atoms with van der Waals surface area (Å²) in [6, 6.07) is 9.73. The fraction of sp³-hybridized carbons (Fsp3) is 0.385. The highest BCUT2D eigenvalue weighted by atomic mass is 31.2. The Morgan fingerprint density at radius 2 is 1.72 bits per heavy atom. The van der Waals surface area contributed by atoms with E-state index in [0.717, 1.165) is 11.1 Å². The van der Waals surface area contributed by atoms with Gasteiger partial charge in [-0.3, -0.25) is 4.57 Å². The quantitative estimate of drug-likeness (QED) is 0.741. The summed E-state index contributed by atoms with van der Waals surface area (Å²) in [6.45, 7) is 1.84. The van der Waals surface area contributed by atoms with Gasteiger partial charge in [-0.1, -0.05) is 36.4 Å². The minimum Gasteiger partial charge on any atom is -0.364 e. The van der Waals surface area contributed by atoms with Crippen LogP contribution in [0.4, 0.5) is 0 Å². The third-order valence-electron chi connectivity index (χ3n) is 2.60. The van der Waals surface area contributed by atoms with Gasteiger partial charge in [0.2, 0.25) is 0 Å². The van der Waals surface area contributed by atoms with E-state index in [4.69, 9.17) is 13.8 Å². The third-order valence-corrected chi connectivity index (χ3v) is 4.81. The van der Waals surface area contributed by atoms with Crippen molar-refractivity contribution in [3.8, 4) is 0 Å². The molecule has 0 saturated carbocycles. The molecule has 1 unspecified atom stereocenters. The van der Waals surface area contributed by atoms with E-state index in [-0.39, 0.29) is 0 Å². The SMILES string of the molecule is COC(/C(C)=C/c1ccccc1)P(=O)(OC)OC. The molecule has 4 nitrogen and oxygen atoms in total. The van der Waals surface area contributed by atoms with E-state index < -0.39 is 13.4 Å². The van der Waals surface area contributed by atoms with E-state index in [0.29, 0.717) is 0 Å². The van der Waals surface area contributed by atoms with Gasteiger partial charge in [-0.25, -0.2) is 0 Å². The van der Waals surface area contributed by atoms with Crippen molar-refractivity contribution >= 4 is 13.7 Å². The summed E-state index contributed by atoms with van der Waals surface area (Å²) in [6.07, 6.45) is 1.90. The third kappa shape index (κ3) is 3.53. The molecule has 0 amide bonds. The van der Waals surface area contributed by atoms with Gasteiger partial charge in [0.1, 0.15) is 0 Å². The number of methoxy groups -OCH3 is 1. The molecule has 100 valence electrons. The van der Waals surface area contributed by atoms with Crippen molar-refractivity contribution in [2.24, 2.45) is 0 Å². The van der Waals surface area contributed by atoms with Crippen LogP contribution in [0.3, 0.4) is 0 Å². The van der Waals surface area contributed by atoms with Gasteiger partial charge in [-0.15, -0.1) is 0 Å². The van der Waals surface area contributed by atoms with E-state index in [1.807, 2.05) is 43.3 Å². The molecule has 0 aliphatic heterocycles. The molecule has 1 aromatic carbocycles. The molecule has 0 heterocycles. The van der Waals surface area contributed by atoms with Crippen molar-refractivity contribution in [3.05, 3.63) is 41.5 Å². The molecule has 0 aromatic heterocycles. The Morgan fingerprint density at radius 1 is 1.17 bits per heavy atom. The van der Waals surface area contributed by atoms with Gasteiger partial charge in [-0.2, -0.15) is 0 Å². The zero-order chi connectivity index (χ0) is 13.6. The molecule has 0 spiro atoms. The maximum Gasteiger partial charge on any atom is 0.362 e. The second kappa shape index (κ2) is 6.86. The van der Waals surface area contributed by atoms with Crippen LogP contribution in [-0.4, -0.2) is 27.2 Å². The lowest BCUT2D eigenvalue weighted by Gasteiger charge is -2.23. The standard InChI is InChI=1S/C13H19O4P/c1-11(10-12-8-6-5-7-9-12)13(15-2)18(14,16-3)17-4/h5-10,13H,1-4H3/b11-10+. The number of hydrogen-bond acceptors (Lipinski definition) is 4. The summed E-state index contributed by atoms with van der Waals surface area (Å²) in [4.78, 5) is 0. The predicted molar refractivity (Wildman–Crippen MR) is 72.5 cm³/mol. The van der Waals surface area contributed by atoms with E-state index in [1.54, 1.807) is 0 Å². The summed E-state index contributed by atoms with van der Waals surface area (Å²) in [7, 11) is 0.915. The van der Waals surface area contributed by atoms with Crippen LogP contribution in [0.1, 0.15) is 12.5 Å². The van der Waals surface area contributed by atoms with E-state index in [2.05, 4.69) is 0 Å². The lowest BCUT2D eigenvalue weighted by Crippen LogP contribution is -2.15. The molecule has 1 atom stereocenters. The molecule has 5 heteroatoms. The van der Waals surface area contributed by atoms with E-state index in [9.17, 15) is 4.57 Å². The van der Waals surface area contributed by atoms with Crippen LogP contribution < -0.4 is 0 Å². The Hall–Kier alpha value is -0.930. The van der Waals surface area contributed by atoms with Crippen LogP contribution in [0.15, 0.2) is 35.9 Å². The van der Waals surface area contributed by atoms with Crippen molar-refractivity contribution < 1.29 is 18.3 Å². The summed E-state index contributed by atoms with van der Waals surface area (Å²) in [5.41, 5.74) is 1.80. The van der Waals surface area contributed by atoms with Crippen LogP contribution in [0.25, 0.3) is 6.08 Å². The lowest BCUT2D eigenvalue weighted by molar-refractivity contribution is 0.144. The Bertz CT molecular complexity index is 434. The Labute approximate surface area is 108 Å². The number of rotatable bonds is 6. The molecular weight excluding hydrogens is 251 g/mol. The van der Waals surface area contributed by atoms with Crippen molar-refractivity contribution in [2.75, 3.05) is 21.3 Å². The highest BCUT2D eigenvalue weighted by Crippen LogP contribution is 2.54. The average Bonchev–Trinajstić information content (AvgIpc) is 2.40. The molecule has 0 saturated heterocycles.